The zero-order valence-electron chi connectivity index (χ0n) is 18.3. The maximum atomic E-state index is 5.11. The fourth-order valence-electron chi connectivity index (χ4n) is 6.05. The van der Waals surface area contributed by atoms with Crippen molar-refractivity contribution in [1.82, 2.24) is 29.1 Å². The normalized spacial score (nSPS) is 21.0. The molecule has 7 heteroatoms. The summed E-state index contributed by atoms with van der Waals surface area (Å²) in [4.78, 5) is 16.9. The van der Waals surface area contributed by atoms with Crippen LogP contribution >= 0.6 is 0 Å². The van der Waals surface area contributed by atoms with Gasteiger partial charge in [0, 0.05) is 37.7 Å². The molecule has 0 amide bonds. The Kier molecular flexibility index (Phi) is 4.28. The molecule has 160 valence electrons. The number of hydrogen-bond acceptors (Lipinski definition) is 5. The van der Waals surface area contributed by atoms with Crippen LogP contribution in [0.5, 0.6) is 0 Å². The average molecular weight is 416 g/mol. The highest BCUT2D eigenvalue weighted by Crippen LogP contribution is 2.47. The smallest absolute Gasteiger partial charge is 0.211 e. The van der Waals surface area contributed by atoms with Crippen molar-refractivity contribution in [3.8, 4) is 11.3 Å². The predicted molar refractivity (Wildman–Crippen MR) is 122 cm³/mol. The van der Waals surface area contributed by atoms with Crippen LogP contribution in [0.3, 0.4) is 0 Å². The van der Waals surface area contributed by atoms with Crippen molar-refractivity contribution in [3.05, 3.63) is 48.7 Å². The molecule has 0 bridgehead atoms. The standard InChI is InChI=1S/C24H29N7/c1-17-21(18-16-27-20-7-3-4-12-30(18)20)22-26-11-15-31(22)23(28-17)29-13-9-24(10-14-29)8-5-6-19(24)25-2/h3-4,7,11-12,15-16,19,25H,5-6,8-10,13-14H2,1-2H3/t19-/m1/s1. The van der Waals surface area contributed by atoms with E-state index < -0.39 is 0 Å². The number of imidazole rings is 2. The zero-order chi connectivity index (χ0) is 21.0. The number of aromatic nitrogens is 5. The van der Waals surface area contributed by atoms with Gasteiger partial charge in [0.25, 0.3) is 0 Å². The quantitative estimate of drug-likeness (QED) is 0.553. The summed E-state index contributed by atoms with van der Waals surface area (Å²) < 4.78 is 4.27. The highest BCUT2D eigenvalue weighted by molar-refractivity contribution is 5.80. The van der Waals surface area contributed by atoms with Crippen molar-refractivity contribution in [2.75, 3.05) is 25.0 Å². The van der Waals surface area contributed by atoms with Gasteiger partial charge in [0.2, 0.25) is 5.95 Å². The number of fused-ring (bicyclic) bond motifs is 2. The van der Waals surface area contributed by atoms with E-state index in [9.17, 15) is 0 Å². The molecular formula is C24H29N7. The van der Waals surface area contributed by atoms with Crippen LogP contribution in [-0.2, 0) is 0 Å². The second kappa shape index (κ2) is 7.05. The van der Waals surface area contributed by atoms with Crippen molar-refractivity contribution in [3.63, 3.8) is 0 Å². The third-order valence-electron chi connectivity index (χ3n) is 7.68. The highest BCUT2D eigenvalue weighted by Gasteiger charge is 2.44. The molecular weight excluding hydrogens is 386 g/mol. The van der Waals surface area contributed by atoms with Gasteiger partial charge in [0.15, 0.2) is 5.65 Å². The molecule has 1 saturated heterocycles. The maximum absolute atomic E-state index is 5.11. The van der Waals surface area contributed by atoms with Crippen LogP contribution in [0, 0.1) is 12.3 Å². The minimum Gasteiger partial charge on any atom is -0.342 e. The van der Waals surface area contributed by atoms with Gasteiger partial charge in [-0.05, 0) is 57.2 Å². The van der Waals surface area contributed by atoms with Gasteiger partial charge < -0.3 is 10.2 Å². The lowest BCUT2D eigenvalue weighted by atomic mass is 9.74. The van der Waals surface area contributed by atoms with Crippen LogP contribution in [-0.4, -0.2) is 49.9 Å². The lowest BCUT2D eigenvalue weighted by Gasteiger charge is -2.43. The molecule has 2 fully saturated rings. The first-order valence-corrected chi connectivity index (χ1v) is 11.4. The first-order chi connectivity index (χ1) is 15.2. The molecule has 1 N–H and O–H groups in total. The van der Waals surface area contributed by atoms with E-state index in [0.29, 0.717) is 11.5 Å². The number of nitrogens with one attached hydrogen (secondary N) is 1. The summed E-state index contributed by atoms with van der Waals surface area (Å²) in [6.45, 7) is 4.19. The van der Waals surface area contributed by atoms with Gasteiger partial charge in [-0.2, -0.15) is 0 Å². The summed E-state index contributed by atoms with van der Waals surface area (Å²) in [5.41, 5.74) is 5.42. The molecule has 0 radical (unpaired) electrons. The lowest BCUT2D eigenvalue weighted by Crippen LogP contribution is -2.48. The van der Waals surface area contributed by atoms with Crippen molar-refractivity contribution in [2.24, 2.45) is 5.41 Å². The monoisotopic (exact) mass is 415 g/mol. The number of pyridine rings is 1. The van der Waals surface area contributed by atoms with E-state index in [1.165, 1.54) is 32.1 Å². The summed E-state index contributed by atoms with van der Waals surface area (Å²) in [5, 5.41) is 3.59. The minimum absolute atomic E-state index is 0.463. The number of anilines is 1. The molecule has 0 aromatic carbocycles. The molecule has 31 heavy (non-hydrogen) atoms. The van der Waals surface area contributed by atoms with Crippen molar-refractivity contribution < 1.29 is 0 Å². The van der Waals surface area contributed by atoms with Gasteiger partial charge in [0.1, 0.15) is 5.65 Å². The molecule has 2 aliphatic rings. The van der Waals surface area contributed by atoms with Crippen molar-refractivity contribution >= 4 is 17.2 Å². The Balaban J connectivity index is 1.39. The van der Waals surface area contributed by atoms with E-state index in [1.54, 1.807) is 0 Å². The van der Waals surface area contributed by atoms with E-state index >= 15 is 0 Å². The maximum Gasteiger partial charge on any atom is 0.211 e. The Morgan fingerprint density at radius 2 is 1.94 bits per heavy atom. The molecule has 7 nitrogen and oxygen atoms in total. The fourth-order valence-corrected chi connectivity index (χ4v) is 6.05. The fraction of sp³-hybridized carbons (Fsp3) is 0.458. The van der Waals surface area contributed by atoms with E-state index in [4.69, 9.17) is 9.97 Å². The van der Waals surface area contributed by atoms with Crippen molar-refractivity contribution in [1.29, 1.82) is 0 Å². The number of rotatable bonds is 3. The highest BCUT2D eigenvalue weighted by atomic mass is 15.3. The Hall–Kier alpha value is -2.93. The summed E-state index contributed by atoms with van der Waals surface area (Å²) >= 11 is 0. The van der Waals surface area contributed by atoms with E-state index in [1.807, 2.05) is 43.0 Å². The molecule has 1 spiro atoms. The second-order valence-electron chi connectivity index (χ2n) is 9.15. The van der Waals surface area contributed by atoms with Crippen LogP contribution in [0.4, 0.5) is 5.95 Å². The SMILES string of the molecule is CN[C@@H]1CCCC12CCN(c1nc(C)c(-c3cnc4ccccn34)c3nccn13)CC2. The summed E-state index contributed by atoms with van der Waals surface area (Å²) in [7, 11) is 2.13. The Morgan fingerprint density at radius 3 is 2.77 bits per heavy atom. The van der Waals surface area contributed by atoms with Crippen LogP contribution in [0.2, 0.25) is 0 Å². The number of aryl methyl sites for hydroxylation is 1. The van der Waals surface area contributed by atoms with Gasteiger partial charge in [-0.1, -0.05) is 12.5 Å². The summed E-state index contributed by atoms with van der Waals surface area (Å²) in [6.07, 6.45) is 14.4. The van der Waals surface area contributed by atoms with Crippen LogP contribution < -0.4 is 10.2 Å². The summed E-state index contributed by atoms with van der Waals surface area (Å²) in [6, 6.07) is 6.73. The molecule has 4 aromatic heterocycles. The largest absolute Gasteiger partial charge is 0.342 e. The molecule has 1 atom stereocenters. The van der Waals surface area contributed by atoms with E-state index in [2.05, 4.69) is 38.0 Å². The van der Waals surface area contributed by atoms with E-state index in [0.717, 1.165) is 47.3 Å². The first-order valence-electron chi connectivity index (χ1n) is 11.4. The Bertz CT molecular complexity index is 1250. The molecule has 1 aliphatic heterocycles. The molecule has 1 aliphatic carbocycles. The topological polar surface area (TPSA) is 62.8 Å². The predicted octanol–water partition coefficient (Wildman–Crippen LogP) is 3.71. The molecule has 0 unspecified atom stereocenters. The van der Waals surface area contributed by atoms with Gasteiger partial charge in [-0.3, -0.25) is 8.80 Å². The zero-order valence-corrected chi connectivity index (χ0v) is 18.3. The third kappa shape index (κ3) is 2.79. The second-order valence-corrected chi connectivity index (χ2v) is 9.15. The van der Waals surface area contributed by atoms with Gasteiger partial charge >= 0.3 is 0 Å². The number of nitrogens with zero attached hydrogens (tertiary/aromatic N) is 6. The molecule has 5 heterocycles. The number of piperidine rings is 1. The van der Waals surface area contributed by atoms with Crippen LogP contribution in [0.1, 0.15) is 37.8 Å². The third-order valence-corrected chi connectivity index (χ3v) is 7.68. The Labute approximate surface area is 182 Å². The van der Waals surface area contributed by atoms with Gasteiger partial charge in [0.05, 0.1) is 23.1 Å². The van der Waals surface area contributed by atoms with Gasteiger partial charge in [-0.15, -0.1) is 0 Å². The van der Waals surface area contributed by atoms with Gasteiger partial charge in [-0.25, -0.2) is 15.0 Å². The minimum atomic E-state index is 0.463. The molecule has 4 aromatic rings. The number of hydrogen-bond donors (Lipinski definition) is 1. The first kappa shape index (κ1) is 18.8. The summed E-state index contributed by atoms with van der Waals surface area (Å²) in [5.74, 6) is 1.01. The molecule has 6 rings (SSSR count). The van der Waals surface area contributed by atoms with E-state index in [-0.39, 0.29) is 0 Å². The Morgan fingerprint density at radius 1 is 1.06 bits per heavy atom. The lowest BCUT2D eigenvalue weighted by molar-refractivity contribution is 0.177. The van der Waals surface area contributed by atoms with Crippen LogP contribution in [0.15, 0.2) is 43.0 Å². The molecule has 1 saturated carbocycles. The van der Waals surface area contributed by atoms with Crippen molar-refractivity contribution in [2.45, 2.75) is 45.1 Å². The van der Waals surface area contributed by atoms with Crippen LogP contribution in [0.25, 0.3) is 22.6 Å². The average Bonchev–Trinajstić information content (AvgIpc) is 3.53.